The summed E-state index contributed by atoms with van der Waals surface area (Å²) in [5.41, 5.74) is 1.91. The lowest BCUT2D eigenvalue weighted by Gasteiger charge is -2.26. The monoisotopic (exact) mass is 263 g/mol. The van der Waals surface area contributed by atoms with Crippen LogP contribution in [0.25, 0.3) is 0 Å². The van der Waals surface area contributed by atoms with Crippen LogP contribution in [0.1, 0.15) is 38.7 Å². The molecular weight excluding hydrogens is 242 g/mol. The summed E-state index contributed by atoms with van der Waals surface area (Å²) >= 11 is 0. The minimum atomic E-state index is -0.414. The van der Waals surface area contributed by atoms with E-state index < -0.39 is 6.09 Å². The minimum absolute atomic E-state index is 0.335. The number of nitrogens with one attached hydrogen (secondary N) is 1. The van der Waals surface area contributed by atoms with E-state index >= 15 is 0 Å². The van der Waals surface area contributed by atoms with E-state index in [1.54, 1.807) is 6.92 Å². The zero-order chi connectivity index (χ0) is 13.7. The van der Waals surface area contributed by atoms with Gasteiger partial charge in [0.25, 0.3) is 0 Å². The van der Waals surface area contributed by atoms with Crippen LogP contribution in [0.15, 0.2) is 18.2 Å². The molecule has 0 aromatic heterocycles. The molecule has 1 aromatic carbocycles. The Labute approximate surface area is 114 Å². The number of aryl methyl sites for hydroxylation is 1. The topological polar surface area (TPSA) is 47.6 Å². The van der Waals surface area contributed by atoms with Crippen molar-refractivity contribution in [1.82, 2.24) is 0 Å². The van der Waals surface area contributed by atoms with E-state index in [1.165, 1.54) is 0 Å². The van der Waals surface area contributed by atoms with Gasteiger partial charge in [-0.15, -0.1) is 0 Å². The molecule has 1 N–H and O–H groups in total. The molecular formula is C15H21NO3. The smallest absolute Gasteiger partial charge is 0.411 e. The van der Waals surface area contributed by atoms with E-state index in [-0.39, 0.29) is 0 Å². The Morgan fingerprint density at radius 2 is 2.32 bits per heavy atom. The van der Waals surface area contributed by atoms with Crippen molar-refractivity contribution in [2.45, 2.75) is 45.6 Å². The average Bonchev–Trinajstić information content (AvgIpc) is 2.39. The van der Waals surface area contributed by atoms with Crippen molar-refractivity contribution in [3.8, 4) is 5.75 Å². The number of anilines is 1. The van der Waals surface area contributed by atoms with E-state index in [9.17, 15) is 4.79 Å². The van der Waals surface area contributed by atoms with Gasteiger partial charge in [0, 0.05) is 5.69 Å². The molecule has 1 amide bonds. The standard InChI is InChI=1S/C15H21NO3/c1-3-5-13-8-6-11-10-12(7-9-14(11)19-13)16-15(17)18-4-2/h7,9-10,13H,3-6,8H2,1-2H3,(H,16,17). The van der Waals surface area contributed by atoms with Crippen LogP contribution in [-0.4, -0.2) is 18.8 Å². The summed E-state index contributed by atoms with van der Waals surface area (Å²) in [6.07, 6.45) is 4.21. The van der Waals surface area contributed by atoms with Crippen LogP contribution in [-0.2, 0) is 11.2 Å². The summed E-state index contributed by atoms with van der Waals surface area (Å²) in [4.78, 5) is 11.4. The Kier molecular flexibility index (Phi) is 4.66. The van der Waals surface area contributed by atoms with Crippen molar-refractivity contribution in [3.63, 3.8) is 0 Å². The summed E-state index contributed by atoms with van der Waals surface area (Å²) < 4.78 is 10.8. The maximum atomic E-state index is 11.4. The van der Waals surface area contributed by atoms with E-state index in [4.69, 9.17) is 9.47 Å². The number of ether oxygens (including phenoxy) is 2. The SMILES string of the molecule is CCCC1CCc2cc(NC(=O)OCC)ccc2O1. The van der Waals surface area contributed by atoms with Gasteiger partial charge in [0.2, 0.25) is 0 Å². The van der Waals surface area contributed by atoms with Gasteiger partial charge in [-0.05, 0) is 49.9 Å². The lowest BCUT2D eigenvalue weighted by Crippen LogP contribution is -2.22. The largest absolute Gasteiger partial charge is 0.490 e. The highest BCUT2D eigenvalue weighted by Gasteiger charge is 2.19. The van der Waals surface area contributed by atoms with Gasteiger partial charge in [-0.1, -0.05) is 13.3 Å². The fourth-order valence-corrected chi connectivity index (χ4v) is 2.33. The predicted octanol–water partition coefficient (Wildman–Crippen LogP) is 3.75. The van der Waals surface area contributed by atoms with Crippen LogP contribution in [0.4, 0.5) is 10.5 Å². The summed E-state index contributed by atoms with van der Waals surface area (Å²) in [5.74, 6) is 0.944. The maximum absolute atomic E-state index is 11.4. The third-order valence-corrected chi connectivity index (χ3v) is 3.22. The number of rotatable bonds is 4. The zero-order valence-electron chi connectivity index (χ0n) is 11.6. The van der Waals surface area contributed by atoms with E-state index in [2.05, 4.69) is 12.2 Å². The summed E-state index contributed by atoms with van der Waals surface area (Å²) in [6, 6.07) is 5.75. The third kappa shape index (κ3) is 3.63. The van der Waals surface area contributed by atoms with Gasteiger partial charge in [0.05, 0.1) is 12.7 Å². The zero-order valence-corrected chi connectivity index (χ0v) is 11.6. The van der Waals surface area contributed by atoms with Crippen LogP contribution in [0.3, 0.4) is 0 Å². The lowest BCUT2D eigenvalue weighted by atomic mass is 9.99. The molecule has 1 unspecified atom stereocenters. The molecule has 1 aromatic rings. The molecule has 4 nitrogen and oxygen atoms in total. The van der Waals surface area contributed by atoms with Crippen LogP contribution < -0.4 is 10.1 Å². The van der Waals surface area contributed by atoms with Gasteiger partial charge in [-0.25, -0.2) is 4.79 Å². The Morgan fingerprint density at radius 3 is 3.05 bits per heavy atom. The van der Waals surface area contributed by atoms with Crippen LogP contribution in [0, 0.1) is 0 Å². The van der Waals surface area contributed by atoms with Crippen molar-refractivity contribution in [2.75, 3.05) is 11.9 Å². The number of carbonyl (C=O) groups excluding carboxylic acids is 1. The Hall–Kier alpha value is -1.71. The number of fused-ring (bicyclic) bond motifs is 1. The highest BCUT2D eigenvalue weighted by molar-refractivity contribution is 5.84. The number of carbonyl (C=O) groups is 1. The molecule has 0 radical (unpaired) electrons. The van der Waals surface area contributed by atoms with E-state index in [1.807, 2.05) is 18.2 Å². The highest BCUT2D eigenvalue weighted by Crippen LogP contribution is 2.31. The van der Waals surface area contributed by atoms with Crippen molar-refractivity contribution < 1.29 is 14.3 Å². The van der Waals surface area contributed by atoms with Crippen molar-refractivity contribution in [3.05, 3.63) is 23.8 Å². The van der Waals surface area contributed by atoms with Crippen molar-refractivity contribution in [2.24, 2.45) is 0 Å². The Bertz CT molecular complexity index is 445. The fourth-order valence-electron chi connectivity index (χ4n) is 2.33. The summed E-state index contributed by atoms with van der Waals surface area (Å²) in [7, 11) is 0. The van der Waals surface area contributed by atoms with Gasteiger partial charge in [0.15, 0.2) is 0 Å². The summed E-state index contributed by atoms with van der Waals surface area (Å²) in [5, 5.41) is 2.71. The quantitative estimate of drug-likeness (QED) is 0.900. The molecule has 0 saturated heterocycles. The molecule has 1 atom stereocenters. The molecule has 0 spiro atoms. The second-order valence-electron chi connectivity index (χ2n) is 4.74. The molecule has 0 aliphatic carbocycles. The molecule has 1 heterocycles. The van der Waals surface area contributed by atoms with E-state index in [0.717, 1.165) is 42.7 Å². The predicted molar refractivity (Wildman–Crippen MR) is 74.7 cm³/mol. The van der Waals surface area contributed by atoms with Crippen LogP contribution >= 0.6 is 0 Å². The Balaban J connectivity index is 2.02. The first-order chi connectivity index (χ1) is 9.22. The molecule has 19 heavy (non-hydrogen) atoms. The van der Waals surface area contributed by atoms with Gasteiger partial charge in [-0.2, -0.15) is 0 Å². The highest BCUT2D eigenvalue weighted by atomic mass is 16.5. The molecule has 1 aliphatic rings. The number of hydrogen-bond acceptors (Lipinski definition) is 3. The molecule has 1 aliphatic heterocycles. The first-order valence-electron chi connectivity index (χ1n) is 6.96. The first-order valence-corrected chi connectivity index (χ1v) is 6.96. The molecule has 0 bridgehead atoms. The Morgan fingerprint density at radius 1 is 1.47 bits per heavy atom. The van der Waals surface area contributed by atoms with Crippen LogP contribution in [0.2, 0.25) is 0 Å². The average molecular weight is 263 g/mol. The maximum Gasteiger partial charge on any atom is 0.411 e. The van der Waals surface area contributed by atoms with Gasteiger partial charge in [-0.3, -0.25) is 5.32 Å². The first kappa shape index (κ1) is 13.7. The molecule has 4 heteroatoms. The van der Waals surface area contributed by atoms with E-state index in [0.29, 0.717) is 12.7 Å². The molecule has 104 valence electrons. The minimum Gasteiger partial charge on any atom is -0.490 e. The second-order valence-corrected chi connectivity index (χ2v) is 4.74. The normalized spacial score (nSPS) is 17.3. The number of hydrogen-bond donors (Lipinski definition) is 1. The van der Waals surface area contributed by atoms with Gasteiger partial charge < -0.3 is 9.47 Å². The molecule has 0 saturated carbocycles. The second kappa shape index (κ2) is 6.45. The number of benzene rings is 1. The van der Waals surface area contributed by atoms with Crippen molar-refractivity contribution in [1.29, 1.82) is 0 Å². The number of amides is 1. The van der Waals surface area contributed by atoms with Crippen molar-refractivity contribution >= 4 is 11.8 Å². The fraction of sp³-hybridized carbons (Fsp3) is 0.533. The third-order valence-electron chi connectivity index (χ3n) is 3.22. The molecule has 0 fully saturated rings. The molecule has 2 rings (SSSR count). The lowest BCUT2D eigenvalue weighted by molar-refractivity contribution is 0.163. The van der Waals surface area contributed by atoms with Gasteiger partial charge >= 0.3 is 6.09 Å². The van der Waals surface area contributed by atoms with Crippen LogP contribution in [0.5, 0.6) is 5.75 Å². The van der Waals surface area contributed by atoms with Gasteiger partial charge in [0.1, 0.15) is 5.75 Å². The summed E-state index contributed by atoms with van der Waals surface area (Å²) in [6.45, 7) is 4.33.